The van der Waals surface area contributed by atoms with Crippen LogP contribution in [0.2, 0.25) is 0 Å². The maximum absolute atomic E-state index is 15.8. The van der Waals surface area contributed by atoms with Crippen LogP contribution in [0.4, 0.5) is 0 Å². The molecule has 3 unspecified atom stereocenters. The Bertz CT molecular complexity index is 4560. The third-order valence-electron chi connectivity index (χ3n) is 22.7. The molecule has 0 bridgehead atoms. The molecule has 1 aliphatic carbocycles. The van der Waals surface area contributed by atoms with Crippen LogP contribution < -0.4 is 136 Å². The van der Waals surface area contributed by atoms with Crippen molar-refractivity contribution in [2.75, 3.05) is 45.8 Å². The molecule has 0 spiro atoms. The van der Waals surface area contributed by atoms with Gasteiger partial charge in [0.25, 0.3) is 0 Å². The maximum Gasteiger partial charge on any atom is 0.247 e. The molecule has 0 saturated heterocycles. The SMILES string of the molecule is C=IC(=O)[C@H](CCCNC(=N)N)NC(=O)[C@H](CCCCNC(=N)N)NC(=O)[C@H](CC(C)C)NC(=O)[C@H](CCCNC(=N)N)NC(=O)[C@H](CCCCN)NC(=O)C1(NC(=O)[C@@H](CCCNC(=N)N)NC(=O)[C@@H](NC(=O)[C@H](CCCNC(=N)N)NC(=O)[C@@H](NC(=O)[C@H](CCCNC(=N)N)NC(=O)[C@@H](N)Cc2c[nH]c3ccccc23)C(C)CC)C(C)CC)C[C@H]1c1c[nH]c2ccccc12. The van der Waals surface area contributed by atoms with E-state index in [-0.39, 0.29) is 188 Å². The van der Waals surface area contributed by atoms with Crippen LogP contribution in [-0.2, 0) is 64.0 Å². The van der Waals surface area contributed by atoms with Crippen LogP contribution in [0.3, 0.4) is 0 Å². The Morgan fingerprint density at radius 3 is 1.18 bits per heavy atom. The summed E-state index contributed by atoms with van der Waals surface area (Å²) in [6, 6.07) is -0.0257. The number of benzene rings is 2. The number of para-hydroxylation sites is 2. The fourth-order valence-electron chi connectivity index (χ4n) is 15.0. The van der Waals surface area contributed by atoms with Gasteiger partial charge >= 0.3 is 0 Å². The summed E-state index contributed by atoms with van der Waals surface area (Å²) in [5.74, 6) is -13.4. The molecule has 0 aliphatic heterocycles. The molecule has 0 radical (unpaired) electrons. The normalized spacial score (nSPS) is 16.2. The van der Waals surface area contributed by atoms with Crippen LogP contribution in [-0.4, -0.2) is 237 Å². The number of halogens is 1. The van der Waals surface area contributed by atoms with Gasteiger partial charge in [0, 0.05) is 79.4 Å². The van der Waals surface area contributed by atoms with Crippen LogP contribution >= 0.6 is 20.7 Å². The van der Waals surface area contributed by atoms with Crippen molar-refractivity contribution < 1.29 is 57.5 Å². The Hall–Kier alpha value is -12.5. The van der Waals surface area contributed by atoms with Crippen molar-refractivity contribution in [3.8, 4) is 0 Å². The molecule has 131 heavy (non-hydrogen) atoms. The minimum atomic E-state index is -1.89. The van der Waals surface area contributed by atoms with Crippen molar-refractivity contribution in [3.63, 3.8) is 0 Å². The summed E-state index contributed by atoms with van der Waals surface area (Å²) in [6.07, 6.45) is 5.87. The van der Waals surface area contributed by atoms with Gasteiger partial charge in [0.2, 0.25) is 68.8 Å². The van der Waals surface area contributed by atoms with Crippen LogP contribution in [0.5, 0.6) is 0 Å². The number of hydrogen-bond donors (Lipinski definition) is 33. The Balaban J connectivity index is 1.50. The van der Waals surface area contributed by atoms with E-state index in [1.807, 2.05) is 36.4 Å². The number of hydrogen-bond acceptors (Lipinski definition) is 20. The fourth-order valence-corrected chi connectivity index (χ4v) is 16.0. The lowest BCUT2D eigenvalue weighted by Crippen LogP contribution is -2.62. The van der Waals surface area contributed by atoms with Crippen LogP contribution in [0.1, 0.15) is 187 Å². The second kappa shape index (κ2) is 56.2. The highest BCUT2D eigenvalue weighted by molar-refractivity contribution is 14.2. The van der Waals surface area contributed by atoms with Gasteiger partial charge in [-0.25, -0.2) is 0 Å². The summed E-state index contributed by atoms with van der Waals surface area (Å²) in [7, 11) is 0. The summed E-state index contributed by atoms with van der Waals surface area (Å²) in [5.41, 5.74) is 47.0. The summed E-state index contributed by atoms with van der Waals surface area (Å²) >= 11 is -1.26. The fraction of sp³-hybridized carbons (Fsp3) is 0.588. The molecule has 41 N–H and O–H groups in total. The standard InChI is InChI=1S/C85H142IN33O12/c1-8-47(5)65(117-72(125)60(31-20-38-104-82(95)96)110-68(121)54(88)42-49-44-107-55-25-12-10-23-50(49)55)76(129)113-61(32-21-39-105-83(97)98)73(126)118-66(48(6)9-2)77(130)114-63(33-22-40-106-84(99)100)75(128)119-85(43-53(85)52-45-108-56-26-13-11-24-51(52)56)78(131)116-62(27-14-16-34-87)71(124)111-59(30-19-37-103-81(93)94)70(123)115-64(41-46(3)4)74(127)112-58(28-15-17-35-101-79(89)90)69(122)109-57(67(120)86-7)29-18-36-102-80(91)92/h10-13,23-26,44-48,53-54,57-66,107-108H,7-9,14-22,27-43,87-88H2,1-6H3,(H,109,122)(H,110,121)(H,111,124)(H,112,127)(H,113,129)(H,114,130)(H,115,123)(H,116,131)(H,117,125)(H,118,126)(H,119,128)(H4,89,90,101)(H4,91,92,102)(H4,93,94,103)(H4,95,96,104)(H4,97,98,105)(H4,99,100,106)/t47?,48?,53-,54-,57-,58-,59-,60-,61-,62-,63+,64-,65-,66-,85?/m0/s1. The first-order valence-electron chi connectivity index (χ1n) is 44.6. The zero-order valence-corrected chi connectivity index (χ0v) is 78.0. The van der Waals surface area contributed by atoms with Gasteiger partial charge in [-0.3, -0.25) is 90.0 Å². The van der Waals surface area contributed by atoms with E-state index in [2.05, 4.69) is 105 Å². The molecule has 1 aliphatic rings. The second-order valence-corrected chi connectivity index (χ2v) is 35.3. The molecule has 15 atom stereocenters. The Labute approximate surface area is 773 Å². The number of guanidine groups is 6. The van der Waals surface area contributed by atoms with Crippen LogP contribution in [0, 0.1) is 50.2 Å². The average molecular weight is 1950 g/mol. The number of aromatic amines is 2. The van der Waals surface area contributed by atoms with E-state index in [1.165, 1.54) is 0 Å². The Morgan fingerprint density at radius 1 is 0.420 bits per heavy atom. The molecule has 1 saturated carbocycles. The van der Waals surface area contributed by atoms with Gasteiger partial charge < -0.3 is 146 Å². The van der Waals surface area contributed by atoms with Gasteiger partial charge in [0.15, 0.2) is 35.8 Å². The van der Waals surface area contributed by atoms with Crippen molar-refractivity contribution in [1.82, 2.24) is 100 Å². The van der Waals surface area contributed by atoms with Crippen LogP contribution in [0.25, 0.3) is 21.8 Å². The topological polar surface area (TPSA) is 792 Å². The number of nitrogens with two attached hydrogens (primary N) is 8. The highest BCUT2D eigenvalue weighted by Gasteiger charge is 2.63. The molecule has 5 rings (SSSR count). The van der Waals surface area contributed by atoms with Crippen molar-refractivity contribution in [1.29, 1.82) is 32.5 Å². The first-order chi connectivity index (χ1) is 62.3. The minimum absolute atomic E-state index is 0.00000402. The van der Waals surface area contributed by atoms with Gasteiger partial charge in [0.1, 0.15) is 59.9 Å². The number of fused-ring (bicyclic) bond motifs is 2. The van der Waals surface area contributed by atoms with Crippen molar-refractivity contribution in [2.24, 2.45) is 63.6 Å². The van der Waals surface area contributed by atoms with E-state index in [1.54, 1.807) is 66.1 Å². The predicted molar refractivity (Wildman–Crippen MR) is 513 cm³/mol. The number of unbranched alkanes of at least 4 members (excludes halogenated alkanes) is 2. The number of amides is 11. The minimum Gasteiger partial charge on any atom is -0.370 e. The monoisotopic (exact) mass is 1940 g/mol. The molecule has 2 aromatic carbocycles. The van der Waals surface area contributed by atoms with E-state index in [0.29, 0.717) is 48.6 Å². The summed E-state index contributed by atoms with van der Waals surface area (Å²) < 4.78 is 3.52. The van der Waals surface area contributed by atoms with Gasteiger partial charge in [-0.2, -0.15) is 0 Å². The average Bonchev–Trinajstić information content (AvgIpc) is 1.55. The Morgan fingerprint density at radius 2 is 0.756 bits per heavy atom. The number of carbonyl (C=O) groups excluding carboxylic acids is 12. The highest BCUT2D eigenvalue weighted by Crippen LogP contribution is 2.54. The maximum atomic E-state index is 15.8. The second-order valence-electron chi connectivity index (χ2n) is 33.5. The van der Waals surface area contributed by atoms with Crippen molar-refractivity contribution in [3.05, 3.63) is 72.1 Å². The van der Waals surface area contributed by atoms with Gasteiger partial charge in [-0.1, -0.05) is 95.3 Å². The number of rotatable bonds is 62. The van der Waals surface area contributed by atoms with Crippen molar-refractivity contribution >= 4 is 152 Å². The largest absolute Gasteiger partial charge is 0.370 e. The summed E-state index contributed by atoms with van der Waals surface area (Å²) in [4.78, 5) is 185. The molecular weight excluding hydrogens is 1800 g/mol. The molecule has 45 nitrogen and oxygen atoms in total. The van der Waals surface area contributed by atoms with Gasteiger partial charge in [0.05, 0.1) is 12.1 Å². The third-order valence-corrected chi connectivity index (χ3v) is 24.2. The molecule has 2 aromatic heterocycles. The zero-order chi connectivity index (χ0) is 97.0. The molecule has 1 fully saturated rings. The molecule has 2 heterocycles. The first kappa shape index (κ1) is 109. The van der Waals surface area contributed by atoms with Gasteiger partial charge in [-0.05, 0) is 190 Å². The smallest absolute Gasteiger partial charge is 0.247 e. The molecule has 726 valence electrons. The van der Waals surface area contributed by atoms with Crippen molar-refractivity contribution in [2.45, 2.75) is 254 Å². The lowest BCUT2D eigenvalue weighted by Gasteiger charge is -2.31. The van der Waals surface area contributed by atoms with E-state index >= 15 is 28.8 Å². The predicted octanol–water partition coefficient (Wildman–Crippen LogP) is -2.42. The summed E-state index contributed by atoms with van der Waals surface area (Å²) in [6.45, 7) is 11.4. The number of carbonyl (C=O) groups is 12. The Kier molecular flexibility index (Phi) is 46.7. The molecule has 46 heteroatoms. The highest BCUT2D eigenvalue weighted by atomic mass is 127. The number of aromatic nitrogens is 2. The van der Waals surface area contributed by atoms with E-state index in [4.69, 9.17) is 78.3 Å². The zero-order valence-electron chi connectivity index (χ0n) is 75.8. The molecule has 4 aromatic rings. The van der Waals surface area contributed by atoms with Crippen LogP contribution in [0.15, 0.2) is 60.9 Å². The number of H-pyrrole nitrogens is 2. The summed E-state index contributed by atoms with van der Waals surface area (Å²) in [5, 5.41) is 95.1. The molecular formula is C85H142IN33O12. The first-order valence-corrected chi connectivity index (χ1v) is 47.2. The third kappa shape index (κ3) is 37.1. The van der Waals surface area contributed by atoms with E-state index < -0.39 is 181 Å². The van der Waals surface area contributed by atoms with Gasteiger partial charge in [-0.15, -0.1) is 0 Å². The molecule has 11 amide bonds. The number of nitrogens with one attached hydrogen (secondary N) is 25. The van der Waals surface area contributed by atoms with E-state index in [9.17, 15) is 28.8 Å². The van der Waals surface area contributed by atoms with E-state index in [0.717, 1.165) is 16.5 Å². The lowest BCUT2D eigenvalue weighted by molar-refractivity contribution is -0.137. The lowest BCUT2D eigenvalue weighted by atomic mass is 9.95. The quantitative estimate of drug-likeness (QED) is 0.00719.